The number of carbonyl (C=O) groups is 2. The summed E-state index contributed by atoms with van der Waals surface area (Å²) in [6.45, 7) is 4.09. The molecule has 0 fully saturated rings. The van der Waals surface area contributed by atoms with E-state index in [1.54, 1.807) is 22.9 Å². The zero-order valence-electron chi connectivity index (χ0n) is 16.7. The second kappa shape index (κ2) is 9.30. The van der Waals surface area contributed by atoms with Crippen LogP contribution in [0.2, 0.25) is 0 Å². The Morgan fingerprint density at radius 2 is 1.76 bits per heavy atom. The van der Waals surface area contributed by atoms with Crippen LogP contribution in [0.5, 0.6) is 0 Å². The van der Waals surface area contributed by atoms with E-state index in [1.807, 2.05) is 66.9 Å². The SMILES string of the molecule is CC(=O)N(c1ccccc1)c1nc(/C=C/C(=O)N(C)Cc2ccccc2C)cs1. The van der Waals surface area contributed by atoms with E-state index < -0.39 is 0 Å². The zero-order valence-corrected chi connectivity index (χ0v) is 17.5. The standard InChI is InChI=1S/C23H23N3O2S/c1-17-9-7-8-10-19(17)15-25(3)22(28)14-13-20-16-29-23(24-20)26(18(2)27)21-11-5-4-6-12-21/h4-14,16H,15H2,1-3H3/b14-13+. The van der Waals surface area contributed by atoms with E-state index in [1.165, 1.54) is 24.3 Å². The van der Waals surface area contributed by atoms with Gasteiger partial charge in [0.2, 0.25) is 11.8 Å². The van der Waals surface area contributed by atoms with Crippen molar-refractivity contribution in [3.05, 3.63) is 82.9 Å². The Kier molecular flexibility index (Phi) is 6.57. The molecule has 2 aromatic carbocycles. The molecule has 0 radical (unpaired) electrons. The normalized spacial score (nSPS) is 10.9. The quantitative estimate of drug-likeness (QED) is 0.553. The maximum atomic E-state index is 12.5. The van der Waals surface area contributed by atoms with Crippen LogP contribution in [0.25, 0.3) is 6.08 Å². The highest BCUT2D eigenvalue weighted by Gasteiger charge is 2.17. The van der Waals surface area contributed by atoms with Gasteiger partial charge in [0.15, 0.2) is 5.13 Å². The average Bonchev–Trinajstić information content (AvgIpc) is 3.17. The van der Waals surface area contributed by atoms with Gasteiger partial charge in [-0.1, -0.05) is 42.5 Å². The summed E-state index contributed by atoms with van der Waals surface area (Å²) in [5, 5.41) is 2.41. The maximum absolute atomic E-state index is 12.5. The van der Waals surface area contributed by atoms with E-state index in [0.717, 1.165) is 16.8 Å². The Labute approximate surface area is 174 Å². The molecule has 148 valence electrons. The fourth-order valence-corrected chi connectivity index (χ4v) is 3.72. The molecule has 5 nitrogen and oxygen atoms in total. The minimum absolute atomic E-state index is 0.103. The Hall–Kier alpha value is -3.25. The Morgan fingerprint density at radius 3 is 2.45 bits per heavy atom. The lowest BCUT2D eigenvalue weighted by atomic mass is 10.1. The number of amides is 2. The molecule has 0 saturated carbocycles. The van der Waals surface area contributed by atoms with Gasteiger partial charge in [0.05, 0.1) is 11.4 Å². The van der Waals surface area contributed by atoms with Gasteiger partial charge in [-0.2, -0.15) is 0 Å². The molecule has 0 saturated heterocycles. The van der Waals surface area contributed by atoms with E-state index in [4.69, 9.17) is 0 Å². The van der Waals surface area contributed by atoms with Crippen LogP contribution in [0.3, 0.4) is 0 Å². The number of aromatic nitrogens is 1. The molecule has 0 aliphatic carbocycles. The van der Waals surface area contributed by atoms with E-state index in [0.29, 0.717) is 17.4 Å². The van der Waals surface area contributed by atoms with Gasteiger partial charge in [-0.15, -0.1) is 11.3 Å². The number of nitrogens with zero attached hydrogens (tertiary/aromatic N) is 3. The number of rotatable bonds is 6. The number of aryl methyl sites for hydroxylation is 1. The third-order valence-corrected chi connectivity index (χ3v) is 5.32. The van der Waals surface area contributed by atoms with Crippen molar-refractivity contribution in [1.82, 2.24) is 9.88 Å². The monoisotopic (exact) mass is 405 g/mol. The lowest BCUT2D eigenvalue weighted by molar-refractivity contribution is -0.125. The maximum Gasteiger partial charge on any atom is 0.246 e. The Morgan fingerprint density at radius 1 is 1.07 bits per heavy atom. The molecule has 29 heavy (non-hydrogen) atoms. The molecule has 0 atom stereocenters. The lowest BCUT2D eigenvalue weighted by Gasteiger charge is -2.17. The van der Waals surface area contributed by atoms with Gasteiger partial charge in [0.1, 0.15) is 0 Å². The zero-order chi connectivity index (χ0) is 20.8. The molecule has 0 bridgehead atoms. The van der Waals surface area contributed by atoms with Gasteiger partial charge < -0.3 is 4.90 Å². The van der Waals surface area contributed by atoms with Crippen molar-refractivity contribution in [2.75, 3.05) is 11.9 Å². The van der Waals surface area contributed by atoms with E-state index in [9.17, 15) is 9.59 Å². The van der Waals surface area contributed by atoms with Crippen LogP contribution in [0.15, 0.2) is 66.1 Å². The van der Waals surface area contributed by atoms with Crippen molar-refractivity contribution in [3.63, 3.8) is 0 Å². The van der Waals surface area contributed by atoms with Crippen molar-refractivity contribution in [2.45, 2.75) is 20.4 Å². The van der Waals surface area contributed by atoms with Crippen LogP contribution in [-0.4, -0.2) is 28.7 Å². The Balaban J connectivity index is 1.70. The smallest absolute Gasteiger partial charge is 0.246 e. The molecule has 0 unspecified atom stereocenters. The van der Waals surface area contributed by atoms with Crippen molar-refractivity contribution in [1.29, 1.82) is 0 Å². The fraction of sp³-hybridized carbons (Fsp3) is 0.174. The summed E-state index contributed by atoms with van der Waals surface area (Å²) in [6.07, 6.45) is 3.19. The number of para-hydroxylation sites is 1. The first kappa shape index (κ1) is 20.5. The second-order valence-corrected chi connectivity index (χ2v) is 7.54. The molecule has 3 rings (SSSR count). The van der Waals surface area contributed by atoms with E-state index in [-0.39, 0.29) is 11.8 Å². The van der Waals surface area contributed by atoms with Crippen LogP contribution in [0, 0.1) is 6.92 Å². The molecule has 1 heterocycles. The van der Waals surface area contributed by atoms with Crippen LogP contribution < -0.4 is 4.90 Å². The largest absolute Gasteiger partial charge is 0.338 e. The number of hydrogen-bond acceptors (Lipinski definition) is 4. The van der Waals surface area contributed by atoms with Gasteiger partial charge in [-0.25, -0.2) is 4.98 Å². The van der Waals surface area contributed by atoms with Crippen LogP contribution in [-0.2, 0) is 16.1 Å². The van der Waals surface area contributed by atoms with Crippen LogP contribution in [0.1, 0.15) is 23.7 Å². The molecule has 2 amide bonds. The van der Waals surface area contributed by atoms with Crippen molar-refractivity contribution in [2.24, 2.45) is 0 Å². The summed E-state index contributed by atoms with van der Waals surface area (Å²) in [5.74, 6) is -0.218. The second-order valence-electron chi connectivity index (χ2n) is 6.70. The molecule has 1 aromatic heterocycles. The van der Waals surface area contributed by atoms with Gasteiger partial charge in [0, 0.05) is 32.0 Å². The van der Waals surface area contributed by atoms with Crippen molar-refractivity contribution < 1.29 is 9.59 Å². The number of hydrogen-bond donors (Lipinski definition) is 0. The molecule has 0 aliphatic rings. The first-order valence-electron chi connectivity index (χ1n) is 9.24. The summed E-state index contributed by atoms with van der Waals surface area (Å²) in [6, 6.07) is 17.4. The minimum atomic E-state index is -0.116. The predicted molar refractivity (Wildman–Crippen MR) is 118 cm³/mol. The molecule has 6 heteroatoms. The first-order valence-corrected chi connectivity index (χ1v) is 10.1. The van der Waals surface area contributed by atoms with E-state index >= 15 is 0 Å². The van der Waals surface area contributed by atoms with Crippen molar-refractivity contribution >= 4 is 40.0 Å². The first-order chi connectivity index (χ1) is 14.0. The lowest BCUT2D eigenvalue weighted by Crippen LogP contribution is -2.24. The highest BCUT2D eigenvalue weighted by Crippen LogP contribution is 2.29. The molecular formula is C23H23N3O2S. The number of benzene rings is 2. The summed E-state index contributed by atoms with van der Waals surface area (Å²) in [7, 11) is 1.78. The fourth-order valence-electron chi connectivity index (χ4n) is 2.86. The number of likely N-dealkylation sites (N-methyl/N-ethyl adjacent to an activating group) is 1. The molecule has 0 aliphatic heterocycles. The number of carbonyl (C=O) groups excluding carboxylic acids is 2. The minimum Gasteiger partial charge on any atom is -0.338 e. The van der Waals surface area contributed by atoms with Gasteiger partial charge >= 0.3 is 0 Å². The molecular weight excluding hydrogens is 382 g/mol. The summed E-state index contributed by atoms with van der Waals surface area (Å²) >= 11 is 1.36. The predicted octanol–water partition coefficient (Wildman–Crippen LogP) is 4.81. The third-order valence-electron chi connectivity index (χ3n) is 4.47. The van der Waals surface area contributed by atoms with E-state index in [2.05, 4.69) is 4.98 Å². The molecule has 0 spiro atoms. The topological polar surface area (TPSA) is 53.5 Å². The Bertz CT molecular complexity index is 1030. The average molecular weight is 406 g/mol. The number of anilines is 2. The highest BCUT2D eigenvalue weighted by molar-refractivity contribution is 7.14. The summed E-state index contributed by atoms with van der Waals surface area (Å²) in [5.41, 5.74) is 3.68. The highest BCUT2D eigenvalue weighted by atomic mass is 32.1. The summed E-state index contributed by atoms with van der Waals surface area (Å²) < 4.78 is 0. The van der Waals surface area contributed by atoms with Gasteiger partial charge in [0.25, 0.3) is 0 Å². The molecule has 0 N–H and O–H groups in total. The van der Waals surface area contributed by atoms with Gasteiger partial charge in [-0.3, -0.25) is 14.5 Å². The van der Waals surface area contributed by atoms with Crippen LogP contribution in [0.4, 0.5) is 10.8 Å². The number of thiazole rings is 1. The summed E-state index contributed by atoms with van der Waals surface area (Å²) in [4.78, 5) is 32.3. The third kappa shape index (κ3) is 5.18. The van der Waals surface area contributed by atoms with Crippen molar-refractivity contribution in [3.8, 4) is 0 Å². The molecule has 3 aromatic rings. The van der Waals surface area contributed by atoms with Gasteiger partial charge in [-0.05, 0) is 36.3 Å². The van der Waals surface area contributed by atoms with Crippen LogP contribution >= 0.6 is 11.3 Å².